The minimum Gasteiger partial charge on any atom is -0.351 e. The van der Waals surface area contributed by atoms with Gasteiger partial charge in [0.1, 0.15) is 5.69 Å². The molecule has 0 saturated heterocycles. The van der Waals surface area contributed by atoms with Crippen LogP contribution in [0.15, 0.2) is 24.3 Å². The van der Waals surface area contributed by atoms with Gasteiger partial charge in [0.05, 0.1) is 5.69 Å². The molecule has 4 heteroatoms. The average molecular weight is 283 g/mol. The standard InChI is InChI=1S/C17H21N3O/c1-11(2)9-10-18-17(21)16-14-8-7-12-5-3-4-6-13(12)15(14)19-20-16/h3-6,11H,7-10H2,1-2H3,(H,18,21)(H,19,20). The molecule has 1 aromatic carbocycles. The molecule has 2 N–H and O–H groups in total. The first kappa shape index (κ1) is 13.9. The van der Waals surface area contributed by atoms with Crippen molar-refractivity contribution in [3.63, 3.8) is 0 Å². The molecule has 1 aliphatic carbocycles. The minimum atomic E-state index is -0.0382. The van der Waals surface area contributed by atoms with Crippen molar-refractivity contribution in [3.8, 4) is 11.3 Å². The summed E-state index contributed by atoms with van der Waals surface area (Å²) in [7, 11) is 0. The number of aromatic nitrogens is 2. The van der Waals surface area contributed by atoms with Gasteiger partial charge in [0.2, 0.25) is 0 Å². The van der Waals surface area contributed by atoms with Crippen molar-refractivity contribution >= 4 is 5.91 Å². The molecule has 3 rings (SSSR count). The fourth-order valence-corrected chi connectivity index (χ4v) is 2.81. The molecule has 1 aromatic heterocycles. The van der Waals surface area contributed by atoms with E-state index in [2.05, 4.69) is 47.6 Å². The number of amides is 1. The van der Waals surface area contributed by atoms with Crippen LogP contribution in [0.3, 0.4) is 0 Å². The number of nitrogens with one attached hydrogen (secondary N) is 2. The number of benzene rings is 1. The Kier molecular flexibility index (Phi) is 3.78. The molecule has 0 saturated carbocycles. The van der Waals surface area contributed by atoms with Gasteiger partial charge in [0.25, 0.3) is 5.91 Å². The van der Waals surface area contributed by atoms with Crippen LogP contribution in [-0.4, -0.2) is 22.6 Å². The number of H-pyrrole nitrogens is 1. The van der Waals surface area contributed by atoms with Crippen molar-refractivity contribution in [2.24, 2.45) is 5.92 Å². The van der Waals surface area contributed by atoms with E-state index in [1.54, 1.807) is 0 Å². The molecule has 1 aliphatic rings. The van der Waals surface area contributed by atoms with Crippen LogP contribution in [0.5, 0.6) is 0 Å². The third-order valence-corrected chi connectivity index (χ3v) is 4.02. The molecule has 0 radical (unpaired) electrons. The number of aromatic amines is 1. The van der Waals surface area contributed by atoms with Crippen molar-refractivity contribution in [1.82, 2.24) is 15.5 Å². The first-order chi connectivity index (χ1) is 10.2. The zero-order valence-electron chi connectivity index (χ0n) is 12.6. The molecular weight excluding hydrogens is 262 g/mol. The minimum absolute atomic E-state index is 0.0382. The smallest absolute Gasteiger partial charge is 0.269 e. The number of hydrogen-bond donors (Lipinski definition) is 2. The van der Waals surface area contributed by atoms with Crippen LogP contribution in [0.2, 0.25) is 0 Å². The van der Waals surface area contributed by atoms with Crippen molar-refractivity contribution in [2.75, 3.05) is 6.54 Å². The SMILES string of the molecule is CC(C)CCNC(=O)c1[nH]nc2c1CCc1ccccc1-2. The molecule has 0 fully saturated rings. The van der Waals surface area contributed by atoms with Gasteiger partial charge in [-0.1, -0.05) is 38.1 Å². The van der Waals surface area contributed by atoms with Gasteiger partial charge in [-0.2, -0.15) is 5.10 Å². The van der Waals surface area contributed by atoms with E-state index in [0.717, 1.165) is 36.1 Å². The molecule has 2 aromatic rings. The summed E-state index contributed by atoms with van der Waals surface area (Å²) >= 11 is 0. The maximum absolute atomic E-state index is 12.3. The van der Waals surface area contributed by atoms with Crippen molar-refractivity contribution in [2.45, 2.75) is 33.1 Å². The number of rotatable bonds is 4. The number of hydrogen-bond acceptors (Lipinski definition) is 2. The molecule has 4 nitrogen and oxygen atoms in total. The Labute approximate surface area is 125 Å². The first-order valence-corrected chi connectivity index (χ1v) is 7.60. The van der Waals surface area contributed by atoms with E-state index in [-0.39, 0.29) is 5.91 Å². The summed E-state index contributed by atoms with van der Waals surface area (Å²) < 4.78 is 0. The number of carbonyl (C=O) groups excluding carboxylic acids is 1. The van der Waals surface area contributed by atoms with E-state index in [1.807, 2.05) is 6.07 Å². The third kappa shape index (κ3) is 2.71. The molecule has 1 amide bonds. The molecule has 110 valence electrons. The van der Waals surface area contributed by atoms with Crippen LogP contribution in [0.4, 0.5) is 0 Å². The number of fused-ring (bicyclic) bond motifs is 3. The molecule has 0 aliphatic heterocycles. The van der Waals surface area contributed by atoms with Gasteiger partial charge >= 0.3 is 0 Å². The largest absolute Gasteiger partial charge is 0.351 e. The topological polar surface area (TPSA) is 57.8 Å². The zero-order chi connectivity index (χ0) is 14.8. The highest BCUT2D eigenvalue weighted by atomic mass is 16.1. The summed E-state index contributed by atoms with van der Waals surface area (Å²) in [4.78, 5) is 12.3. The summed E-state index contributed by atoms with van der Waals surface area (Å²) in [5, 5.41) is 10.3. The molecule has 1 heterocycles. The fourth-order valence-electron chi connectivity index (χ4n) is 2.81. The Morgan fingerprint density at radius 2 is 2.14 bits per heavy atom. The van der Waals surface area contributed by atoms with Gasteiger partial charge in [-0.05, 0) is 30.7 Å². The van der Waals surface area contributed by atoms with E-state index in [0.29, 0.717) is 18.2 Å². The highest BCUT2D eigenvalue weighted by Gasteiger charge is 2.24. The maximum Gasteiger partial charge on any atom is 0.269 e. The van der Waals surface area contributed by atoms with E-state index >= 15 is 0 Å². The summed E-state index contributed by atoms with van der Waals surface area (Å²) in [5.74, 6) is 0.552. The van der Waals surface area contributed by atoms with Crippen LogP contribution in [0.25, 0.3) is 11.3 Å². The predicted octanol–water partition coefficient (Wildman–Crippen LogP) is 2.95. The summed E-state index contributed by atoms with van der Waals surface area (Å²) in [5.41, 5.74) is 5.07. The Morgan fingerprint density at radius 3 is 2.95 bits per heavy atom. The lowest BCUT2D eigenvalue weighted by molar-refractivity contribution is 0.0946. The van der Waals surface area contributed by atoms with Gasteiger partial charge in [0, 0.05) is 17.7 Å². The predicted molar refractivity (Wildman–Crippen MR) is 83.2 cm³/mol. The Morgan fingerprint density at radius 1 is 1.33 bits per heavy atom. The highest BCUT2D eigenvalue weighted by molar-refractivity contribution is 5.95. The van der Waals surface area contributed by atoms with Gasteiger partial charge in [-0.3, -0.25) is 9.89 Å². The molecule has 0 spiro atoms. The second kappa shape index (κ2) is 5.72. The van der Waals surface area contributed by atoms with Gasteiger partial charge < -0.3 is 5.32 Å². The van der Waals surface area contributed by atoms with E-state index in [1.165, 1.54) is 5.56 Å². The summed E-state index contributed by atoms with van der Waals surface area (Å²) in [6, 6.07) is 8.28. The Balaban J connectivity index is 1.81. The molecule has 0 atom stereocenters. The van der Waals surface area contributed by atoms with Crippen molar-refractivity contribution in [3.05, 3.63) is 41.1 Å². The molecule has 21 heavy (non-hydrogen) atoms. The van der Waals surface area contributed by atoms with Gasteiger partial charge in [0.15, 0.2) is 0 Å². The Hall–Kier alpha value is -2.10. The summed E-state index contributed by atoms with van der Waals surface area (Å²) in [6.07, 6.45) is 2.83. The van der Waals surface area contributed by atoms with E-state index < -0.39 is 0 Å². The lowest BCUT2D eigenvalue weighted by Gasteiger charge is -2.15. The second-order valence-corrected chi connectivity index (χ2v) is 6.02. The molecule has 0 bridgehead atoms. The second-order valence-electron chi connectivity index (χ2n) is 6.02. The van der Waals surface area contributed by atoms with Crippen LogP contribution in [0.1, 0.15) is 41.9 Å². The van der Waals surface area contributed by atoms with Crippen LogP contribution in [-0.2, 0) is 12.8 Å². The summed E-state index contributed by atoms with van der Waals surface area (Å²) in [6.45, 7) is 5.02. The number of nitrogens with zero attached hydrogens (tertiary/aromatic N) is 1. The number of aryl methyl sites for hydroxylation is 1. The van der Waals surface area contributed by atoms with Crippen LogP contribution in [0, 0.1) is 5.92 Å². The van der Waals surface area contributed by atoms with Crippen LogP contribution < -0.4 is 5.32 Å². The van der Waals surface area contributed by atoms with Gasteiger partial charge in [-0.25, -0.2) is 0 Å². The lowest BCUT2D eigenvalue weighted by atomic mass is 9.89. The maximum atomic E-state index is 12.3. The van der Waals surface area contributed by atoms with Crippen LogP contribution >= 0.6 is 0 Å². The highest BCUT2D eigenvalue weighted by Crippen LogP contribution is 2.33. The van der Waals surface area contributed by atoms with Crippen molar-refractivity contribution in [1.29, 1.82) is 0 Å². The Bertz CT molecular complexity index is 658. The quantitative estimate of drug-likeness (QED) is 0.906. The third-order valence-electron chi connectivity index (χ3n) is 4.02. The van der Waals surface area contributed by atoms with Crippen molar-refractivity contribution < 1.29 is 4.79 Å². The molecule has 0 unspecified atom stereocenters. The average Bonchev–Trinajstić information content (AvgIpc) is 2.91. The van der Waals surface area contributed by atoms with Gasteiger partial charge in [-0.15, -0.1) is 0 Å². The molecular formula is C17H21N3O. The van der Waals surface area contributed by atoms with E-state index in [9.17, 15) is 4.79 Å². The normalized spacial score (nSPS) is 12.9. The van der Waals surface area contributed by atoms with E-state index in [4.69, 9.17) is 0 Å². The monoisotopic (exact) mass is 283 g/mol. The fraction of sp³-hybridized carbons (Fsp3) is 0.412. The first-order valence-electron chi connectivity index (χ1n) is 7.60. The lowest BCUT2D eigenvalue weighted by Crippen LogP contribution is -2.26. The number of carbonyl (C=O) groups is 1. The zero-order valence-corrected chi connectivity index (χ0v) is 12.6.